The van der Waals surface area contributed by atoms with Gasteiger partial charge >= 0.3 is 0 Å². The molecule has 3 nitrogen and oxygen atoms in total. The molecule has 22 heavy (non-hydrogen) atoms. The summed E-state index contributed by atoms with van der Waals surface area (Å²) in [6.07, 6.45) is 4.48. The molecule has 0 aliphatic rings. The first-order valence-corrected chi connectivity index (χ1v) is 9.19. The van der Waals surface area contributed by atoms with Crippen LogP contribution in [0.15, 0.2) is 24.4 Å². The molecule has 4 heteroatoms. The minimum absolute atomic E-state index is 1.06. The van der Waals surface area contributed by atoms with Crippen molar-refractivity contribution in [3.05, 3.63) is 35.5 Å². The molecule has 0 amide bonds. The van der Waals surface area contributed by atoms with Crippen molar-refractivity contribution in [2.24, 2.45) is 0 Å². The normalized spacial score (nSPS) is 11.9. The van der Waals surface area contributed by atoms with Crippen molar-refractivity contribution in [3.63, 3.8) is 0 Å². The van der Waals surface area contributed by atoms with Gasteiger partial charge in [0.25, 0.3) is 0 Å². The maximum absolute atomic E-state index is 3.40. The first kappa shape index (κ1) is 17.4. The number of nitrogens with zero attached hydrogens (tertiary/aromatic N) is 2. The van der Waals surface area contributed by atoms with E-state index in [1.165, 1.54) is 35.0 Å². The molecule has 2 rings (SSSR count). The molecule has 1 heterocycles. The van der Waals surface area contributed by atoms with Crippen molar-refractivity contribution in [1.82, 2.24) is 14.2 Å². The Morgan fingerprint density at radius 3 is 2.64 bits per heavy atom. The fraction of sp³-hybridized carbons (Fsp3) is 0.556. The van der Waals surface area contributed by atoms with Crippen molar-refractivity contribution in [2.45, 2.75) is 32.4 Å². The Labute approximate surface area is 139 Å². The van der Waals surface area contributed by atoms with E-state index in [2.05, 4.69) is 66.5 Å². The quantitative estimate of drug-likeness (QED) is 0.702. The van der Waals surface area contributed by atoms with E-state index in [0.717, 1.165) is 25.3 Å². The monoisotopic (exact) mass is 319 g/mol. The van der Waals surface area contributed by atoms with Crippen molar-refractivity contribution < 1.29 is 0 Å². The van der Waals surface area contributed by atoms with Crippen LogP contribution in [0.3, 0.4) is 0 Å². The van der Waals surface area contributed by atoms with Gasteiger partial charge in [0.2, 0.25) is 0 Å². The molecule has 0 bridgehead atoms. The molecule has 0 unspecified atom stereocenters. The van der Waals surface area contributed by atoms with Gasteiger partial charge in [0.1, 0.15) is 0 Å². The maximum atomic E-state index is 3.40. The zero-order valence-corrected chi connectivity index (χ0v) is 15.2. The second kappa shape index (κ2) is 8.61. The summed E-state index contributed by atoms with van der Waals surface area (Å²) in [6.45, 7) is 7.84. The SMILES string of the molecule is CCCN(CC)SCc1ccc2[nH]cc(CCN(C)C)c2c1. The van der Waals surface area contributed by atoms with Gasteiger partial charge in [-0.3, -0.25) is 4.31 Å². The highest BCUT2D eigenvalue weighted by Gasteiger charge is 2.07. The number of benzene rings is 1. The number of nitrogens with one attached hydrogen (secondary N) is 1. The summed E-state index contributed by atoms with van der Waals surface area (Å²) < 4.78 is 2.45. The summed E-state index contributed by atoms with van der Waals surface area (Å²) in [5.74, 6) is 1.06. The van der Waals surface area contributed by atoms with E-state index in [4.69, 9.17) is 0 Å². The first-order valence-electron chi connectivity index (χ1n) is 8.25. The molecule has 0 saturated carbocycles. The van der Waals surface area contributed by atoms with Gasteiger partial charge in [-0.2, -0.15) is 0 Å². The Morgan fingerprint density at radius 2 is 1.95 bits per heavy atom. The van der Waals surface area contributed by atoms with Gasteiger partial charge in [0.15, 0.2) is 0 Å². The van der Waals surface area contributed by atoms with E-state index in [1.54, 1.807) is 0 Å². The molecule has 0 fully saturated rings. The summed E-state index contributed by atoms with van der Waals surface area (Å²) in [7, 11) is 4.26. The molecular weight excluding hydrogens is 290 g/mol. The molecule has 0 spiro atoms. The number of aromatic nitrogens is 1. The number of aromatic amines is 1. The van der Waals surface area contributed by atoms with Crippen LogP contribution in [-0.4, -0.2) is 47.9 Å². The predicted octanol–water partition coefficient (Wildman–Crippen LogP) is 4.15. The van der Waals surface area contributed by atoms with Gasteiger partial charge < -0.3 is 9.88 Å². The van der Waals surface area contributed by atoms with E-state index < -0.39 is 0 Å². The highest BCUT2D eigenvalue weighted by atomic mass is 32.2. The van der Waals surface area contributed by atoms with Crippen LogP contribution in [0.1, 0.15) is 31.4 Å². The summed E-state index contributed by atoms with van der Waals surface area (Å²) in [4.78, 5) is 5.64. The van der Waals surface area contributed by atoms with Crippen molar-refractivity contribution >= 4 is 22.9 Å². The highest BCUT2D eigenvalue weighted by molar-refractivity contribution is 7.96. The van der Waals surface area contributed by atoms with Crippen LogP contribution in [0, 0.1) is 0 Å². The molecule has 0 aliphatic carbocycles. The Morgan fingerprint density at radius 1 is 1.14 bits per heavy atom. The second-order valence-electron chi connectivity index (χ2n) is 6.04. The number of rotatable bonds is 9. The van der Waals surface area contributed by atoms with Crippen LogP contribution >= 0.6 is 11.9 Å². The van der Waals surface area contributed by atoms with Crippen LogP contribution in [0.5, 0.6) is 0 Å². The van der Waals surface area contributed by atoms with Gasteiger partial charge in [-0.05, 0) is 50.2 Å². The lowest BCUT2D eigenvalue weighted by atomic mass is 10.1. The minimum Gasteiger partial charge on any atom is -0.361 e. The lowest BCUT2D eigenvalue weighted by Crippen LogP contribution is -2.16. The molecule has 0 aliphatic heterocycles. The highest BCUT2D eigenvalue weighted by Crippen LogP contribution is 2.24. The molecular formula is C18H29N3S. The van der Waals surface area contributed by atoms with Gasteiger partial charge in [0, 0.05) is 42.5 Å². The number of hydrogen-bond acceptors (Lipinski definition) is 3. The third-order valence-electron chi connectivity index (χ3n) is 3.90. The van der Waals surface area contributed by atoms with E-state index in [0.29, 0.717) is 0 Å². The lowest BCUT2D eigenvalue weighted by Gasteiger charge is -2.18. The largest absolute Gasteiger partial charge is 0.361 e. The summed E-state index contributed by atoms with van der Waals surface area (Å²) >= 11 is 1.95. The zero-order valence-electron chi connectivity index (χ0n) is 14.4. The fourth-order valence-corrected chi connectivity index (χ4v) is 3.60. The zero-order chi connectivity index (χ0) is 15.9. The Balaban J connectivity index is 2.06. The van der Waals surface area contributed by atoms with E-state index in [9.17, 15) is 0 Å². The van der Waals surface area contributed by atoms with Gasteiger partial charge in [0.05, 0.1) is 0 Å². The first-order chi connectivity index (χ1) is 10.6. The van der Waals surface area contributed by atoms with Crippen molar-refractivity contribution in [1.29, 1.82) is 0 Å². The number of fused-ring (bicyclic) bond motifs is 1. The number of hydrogen-bond donors (Lipinski definition) is 1. The van der Waals surface area contributed by atoms with Crippen LogP contribution in [-0.2, 0) is 12.2 Å². The summed E-state index contributed by atoms with van der Waals surface area (Å²) in [6, 6.07) is 6.84. The number of H-pyrrole nitrogens is 1. The standard InChI is InChI=1S/C18H29N3S/c1-5-10-21(6-2)22-14-15-7-8-18-17(12-15)16(13-19-18)9-11-20(3)4/h7-8,12-13,19H,5-6,9-11,14H2,1-4H3. The second-order valence-corrected chi connectivity index (χ2v) is 7.11. The van der Waals surface area contributed by atoms with Crippen LogP contribution in [0.4, 0.5) is 0 Å². The molecule has 2 aromatic rings. The molecule has 0 saturated heterocycles. The third-order valence-corrected chi connectivity index (χ3v) is 5.17. The average molecular weight is 320 g/mol. The van der Waals surface area contributed by atoms with Gasteiger partial charge in [-0.15, -0.1) is 0 Å². The molecule has 0 atom stereocenters. The molecule has 1 N–H and O–H groups in total. The maximum Gasteiger partial charge on any atom is 0.0457 e. The average Bonchev–Trinajstić information content (AvgIpc) is 2.91. The summed E-state index contributed by atoms with van der Waals surface area (Å²) in [5.41, 5.74) is 4.10. The van der Waals surface area contributed by atoms with Crippen molar-refractivity contribution in [2.75, 3.05) is 33.7 Å². The van der Waals surface area contributed by atoms with E-state index >= 15 is 0 Å². The smallest absolute Gasteiger partial charge is 0.0457 e. The topological polar surface area (TPSA) is 22.3 Å². The fourth-order valence-electron chi connectivity index (χ4n) is 2.60. The van der Waals surface area contributed by atoms with Gasteiger partial charge in [-0.25, -0.2) is 0 Å². The lowest BCUT2D eigenvalue weighted by molar-refractivity contribution is 0.414. The Hall–Kier alpha value is -0.970. The Bertz CT molecular complexity index is 577. The van der Waals surface area contributed by atoms with Gasteiger partial charge in [-0.1, -0.05) is 31.9 Å². The molecule has 1 aromatic heterocycles. The van der Waals surface area contributed by atoms with Crippen LogP contribution < -0.4 is 0 Å². The van der Waals surface area contributed by atoms with Crippen LogP contribution in [0.25, 0.3) is 10.9 Å². The molecule has 1 aromatic carbocycles. The summed E-state index contributed by atoms with van der Waals surface area (Å²) in [5, 5.41) is 1.39. The number of likely N-dealkylation sites (N-methyl/N-ethyl adjacent to an activating group) is 1. The minimum atomic E-state index is 1.06. The predicted molar refractivity (Wildman–Crippen MR) is 99.4 cm³/mol. The van der Waals surface area contributed by atoms with E-state index in [1.807, 2.05) is 11.9 Å². The Kier molecular flexibility index (Phi) is 6.80. The third kappa shape index (κ3) is 4.77. The molecule has 122 valence electrons. The van der Waals surface area contributed by atoms with Crippen LogP contribution in [0.2, 0.25) is 0 Å². The van der Waals surface area contributed by atoms with E-state index in [-0.39, 0.29) is 0 Å². The van der Waals surface area contributed by atoms with Crippen molar-refractivity contribution in [3.8, 4) is 0 Å². The molecule has 0 radical (unpaired) electrons.